The second kappa shape index (κ2) is 5.03. The summed E-state index contributed by atoms with van der Waals surface area (Å²) >= 11 is 0. The van der Waals surface area contributed by atoms with Crippen LogP contribution >= 0.6 is 0 Å². The van der Waals surface area contributed by atoms with Crippen LogP contribution in [0.2, 0.25) is 0 Å². The van der Waals surface area contributed by atoms with E-state index >= 15 is 0 Å². The van der Waals surface area contributed by atoms with E-state index in [0.717, 1.165) is 12.1 Å². The highest BCUT2D eigenvalue weighted by molar-refractivity contribution is 5.65. The van der Waals surface area contributed by atoms with Gasteiger partial charge in [-0.2, -0.15) is 13.2 Å². The molecule has 0 saturated heterocycles. The summed E-state index contributed by atoms with van der Waals surface area (Å²) in [4.78, 5) is 5.77. The molecule has 0 spiro atoms. The molecule has 0 aliphatic rings. The summed E-state index contributed by atoms with van der Waals surface area (Å²) < 4.78 is 38.8. The van der Waals surface area contributed by atoms with Crippen molar-refractivity contribution in [3.63, 3.8) is 0 Å². The number of halogens is 3. The molecule has 1 aromatic heterocycles. The first kappa shape index (κ1) is 14.2. The number of aromatic nitrogens is 1. The molecule has 1 aromatic carbocycles. The fraction of sp³-hybridized carbons (Fsp3) is 0.214. The third kappa shape index (κ3) is 3.01. The quantitative estimate of drug-likeness (QED) is 0.858. The third-order valence-corrected chi connectivity index (χ3v) is 2.80. The van der Waals surface area contributed by atoms with Gasteiger partial charge in [-0.1, -0.05) is 12.1 Å². The van der Waals surface area contributed by atoms with Gasteiger partial charge in [-0.15, -0.1) is 0 Å². The molecular weight excluding hydrogens is 267 g/mol. The number of hydrogen-bond acceptors (Lipinski definition) is 3. The van der Waals surface area contributed by atoms with Crippen molar-refractivity contribution in [3.8, 4) is 11.3 Å². The molecule has 0 bridgehead atoms. The van der Waals surface area contributed by atoms with Crippen molar-refractivity contribution >= 4 is 11.5 Å². The van der Waals surface area contributed by atoms with E-state index in [0.29, 0.717) is 11.3 Å². The molecule has 20 heavy (non-hydrogen) atoms. The minimum atomic E-state index is -4.41. The number of rotatable bonds is 2. The van der Waals surface area contributed by atoms with Crippen LogP contribution in [-0.4, -0.2) is 19.1 Å². The summed E-state index contributed by atoms with van der Waals surface area (Å²) in [6.07, 6.45) is -4.41. The molecule has 0 fully saturated rings. The van der Waals surface area contributed by atoms with E-state index in [2.05, 4.69) is 4.98 Å². The smallest absolute Gasteiger partial charge is 0.399 e. The molecule has 1 heterocycles. The second-order valence-electron chi connectivity index (χ2n) is 4.61. The molecule has 6 heteroatoms. The summed E-state index contributed by atoms with van der Waals surface area (Å²) in [6, 6.07) is 8.63. The first-order valence-electron chi connectivity index (χ1n) is 5.90. The molecule has 0 radical (unpaired) electrons. The number of benzene rings is 1. The zero-order valence-electron chi connectivity index (χ0n) is 11.1. The highest BCUT2D eigenvalue weighted by atomic mass is 19.4. The summed E-state index contributed by atoms with van der Waals surface area (Å²) in [7, 11) is 3.30. The number of nitrogen functional groups attached to an aromatic ring is 1. The van der Waals surface area contributed by atoms with E-state index in [1.165, 1.54) is 4.90 Å². The van der Waals surface area contributed by atoms with Gasteiger partial charge in [-0.25, -0.2) is 4.98 Å². The van der Waals surface area contributed by atoms with Crippen LogP contribution in [0, 0.1) is 0 Å². The zero-order valence-corrected chi connectivity index (χ0v) is 11.1. The van der Waals surface area contributed by atoms with Gasteiger partial charge in [0.2, 0.25) is 0 Å². The van der Waals surface area contributed by atoms with Crippen molar-refractivity contribution in [2.75, 3.05) is 24.7 Å². The molecule has 0 amide bonds. The van der Waals surface area contributed by atoms with Gasteiger partial charge in [0, 0.05) is 25.3 Å². The molecule has 2 N–H and O–H groups in total. The number of nitrogens with zero attached hydrogens (tertiary/aromatic N) is 2. The fourth-order valence-electron chi connectivity index (χ4n) is 1.71. The van der Waals surface area contributed by atoms with Crippen LogP contribution < -0.4 is 10.6 Å². The van der Waals surface area contributed by atoms with Crippen LogP contribution in [0.3, 0.4) is 0 Å². The van der Waals surface area contributed by atoms with Crippen molar-refractivity contribution in [1.82, 2.24) is 4.98 Å². The van der Waals surface area contributed by atoms with Gasteiger partial charge in [0.15, 0.2) is 0 Å². The summed E-state index contributed by atoms with van der Waals surface area (Å²) in [6.45, 7) is 0. The molecule has 0 unspecified atom stereocenters. The third-order valence-electron chi connectivity index (χ3n) is 2.80. The fourth-order valence-corrected chi connectivity index (χ4v) is 1.71. The largest absolute Gasteiger partial charge is 0.416 e. The SMILES string of the molecule is CN(C)c1cc(C(F)(F)F)cc(-c2ccc(N)cc2)n1. The van der Waals surface area contributed by atoms with Gasteiger partial charge in [-0.3, -0.25) is 0 Å². The summed E-state index contributed by atoms with van der Waals surface area (Å²) in [5.74, 6) is 0.256. The van der Waals surface area contributed by atoms with Crippen LogP contribution in [0.4, 0.5) is 24.7 Å². The van der Waals surface area contributed by atoms with Crippen molar-refractivity contribution in [1.29, 1.82) is 0 Å². The van der Waals surface area contributed by atoms with E-state index in [1.807, 2.05) is 0 Å². The van der Waals surface area contributed by atoms with E-state index in [-0.39, 0.29) is 11.5 Å². The predicted octanol–water partition coefficient (Wildman–Crippen LogP) is 3.42. The molecule has 0 aliphatic heterocycles. The van der Waals surface area contributed by atoms with Gasteiger partial charge in [0.05, 0.1) is 11.3 Å². The molecule has 3 nitrogen and oxygen atoms in total. The Morgan fingerprint density at radius 2 is 1.65 bits per heavy atom. The average molecular weight is 281 g/mol. The van der Waals surface area contributed by atoms with Gasteiger partial charge in [-0.05, 0) is 24.3 Å². The van der Waals surface area contributed by atoms with Gasteiger partial charge in [0.1, 0.15) is 5.82 Å². The summed E-state index contributed by atoms with van der Waals surface area (Å²) in [5, 5.41) is 0. The van der Waals surface area contributed by atoms with Crippen molar-refractivity contribution in [2.24, 2.45) is 0 Å². The molecule has 106 valence electrons. The van der Waals surface area contributed by atoms with Crippen LogP contribution in [0.5, 0.6) is 0 Å². The molecule has 2 aromatic rings. The average Bonchev–Trinajstić information content (AvgIpc) is 2.38. The van der Waals surface area contributed by atoms with Crippen LogP contribution in [0.25, 0.3) is 11.3 Å². The topological polar surface area (TPSA) is 42.1 Å². The Balaban J connectivity index is 2.57. The lowest BCUT2D eigenvalue weighted by Crippen LogP contribution is -2.14. The van der Waals surface area contributed by atoms with Crippen molar-refractivity contribution in [3.05, 3.63) is 42.0 Å². The monoisotopic (exact) mass is 281 g/mol. The zero-order chi connectivity index (χ0) is 14.9. The number of anilines is 2. The predicted molar refractivity (Wildman–Crippen MR) is 73.4 cm³/mol. The van der Waals surface area contributed by atoms with E-state index < -0.39 is 11.7 Å². The van der Waals surface area contributed by atoms with Crippen LogP contribution in [0.15, 0.2) is 36.4 Å². The normalized spacial score (nSPS) is 11.4. The van der Waals surface area contributed by atoms with Gasteiger partial charge < -0.3 is 10.6 Å². The lowest BCUT2D eigenvalue weighted by atomic mass is 10.1. The maximum Gasteiger partial charge on any atom is 0.416 e. The number of nitrogens with two attached hydrogens (primary N) is 1. The maximum atomic E-state index is 12.9. The highest BCUT2D eigenvalue weighted by Crippen LogP contribution is 2.33. The van der Waals surface area contributed by atoms with E-state index in [1.54, 1.807) is 38.4 Å². The first-order chi connectivity index (χ1) is 9.27. The number of alkyl halides is 3. The Labute approximate surface area is 114 Å². The Kier molecular flexibility index (Phi) is 3.57. The molecule has 0 aliphatic carbocycles. The van der Waals surface area contributed by atoms with Crippen molar-refractivity contribution in [2.45, 2.75) is 6.18 Å². The minimum absolute atomic E-state index is 0.256. The van der Waals surface area contributed by atoms with E-state index in [9.17, 15) is 13.2 Å². The second-order valence-corrected chi connectivity index (χ2v) is 4.61. The molecule has 2 rings (SSSR count). The van der Waals surface area contributed by atoms with Gasteiger partial charge >= 0.3 is 6.18 Å². The van der Waals surface area contributed by atoms with Crippen LogP contribution in [-0.2, 0) is 6.18 Å². The standard InChI is InChI=1S/C14H14F3N3/c1-20(2)13-8-10(14(15,16)17)7-12(19-13)9-3-5-11(18)6-4-9/h3-8H,18H2,1-2H3. The Morgan fingerprint density at radius 1 is 1.05 bits per heavy atom. The first-order valence-corrected chi connectivity index (χ1v) is 5.90. The Hall–Kier alpha value is -2.24. The molecule has 0 saturated carbocycles. The minimum Gasteiger partial charge on any atom is -0.399 e. The maximum absolute atomic E-state index is 12.9. The lowest BCUT2D eigenvalue weighted by Gasteiger charge is -2.16. The van der Waals surface area contributed by atoms with E-state index in [4.69, 9.17) is 5.73 Å². The van der Waals surface area contributed by atoms with Crippen molar-refractivity contribution < 1.29 is 13.2 Å². The molecular formula is C14H14F3N3. The molecule has 0 atom stereocenters. The highest BCUT2D eigenvalue weighted by Gasteiger charge is 2.32. The van der Waals surface area contributed by atoms with Crippen LogP contribution in [0.1, 0.15) is 5.56 Å². The Bertz CT molecular complexity index is 604. The number of pyridine rings is 1. The number of hydrogen-bond donors (Lipinski definition) is 1. The summed E-state index contributed by atoms with van der Waals surface area (Å²) in [5.41, 5.74) is 6.26. The Morgan fingerprint density at radius 3 is 2.15 bits per heavy atom. The van der Waals surface area contributed by atoms with Gasteiger partial charge in [0.25, 0.3) is 0 Å². The lowest BCUT2D eigenvalue weighted by molar-refractivity contribution is -0.137.